The van der Waals surface area contributed by atoms with Gasteiger partial charge in [0, 0.05) is 19.3 Å². The first-order valence-electron chi connectivity index (χ1n) is 8.25. The van der Waals surface area contributed by atoms with Gasteiger partial charge < -0.3 is 10.4 Å². The van der Waals surface area contributed by atoms with Gasteiger partial charge in [0.25, 0.3) is 5.91 Å². The van der Waals surface area contributed by atoms with Crippen LogP contribution in [0.4, 0.5) is 0 Å². The maximum atomic E-state index is 12.1. The minimum absolute atomic E-state index is 0.144. The van der Waals surface area contributed by atoms with Gasteiger partial charge in [-0.05, 0) is 35.7 Å². The van der Waals surface area contributed by atoms with E-state index in [0.29, 0.717) is 6.54 Å². The zero-order chi connectivity index (χ0) is 20.0. The molecule has 2 rings (SSSR count). The average molecular weight is 391 g/mol. The van der Waals surface area contributed by atoms with Crippen LogP contribution in [0.3, 0.4) is 0 Å². The van der Waals surface area contributed by atoms with E-state index in [1.165, 1.54) is 30.5 Å². The summed E-state index contributed by atoms with van der Waals surface area (Å²) >= 11 is 0. The third-order valence-electron chi connectivity index (χ3n) is 3.61. The summed E-state index contributed by atoms with van der Waals surface area (Å²) in [5.41, 5.74) is 0.813. The molecule has 1 amide bonds. The highest BCUT2D eigenvalue weighted by Crippen LogP contribution is 2.11. The van der Waals surface area contributed by atoms with E-state index in [1.807, 2.05) is 13.8 Å². The SMILES string of the molecule is CC(C)CNS(=O)(=O)c1ccc(CNC(=O)c2ccc(C(=O)O)nc2)cc1. The van der Waals surface area contributed by atoms with Gasteiger partial charge in [0.2, 0.25) is 10.0 Å². The highest BCUT2D eigenvalue weighted by Gasteiger charge is 2.14. The third kappa shape index (κ3) is 5.87. The summed E-state index contributed by atoms with van der Waals surface area (Å²) < 4.78 is 26.8. The van der Waals surface area contributed by atoms with E-state index in [-0.39, 0.29) is 28.6 Å². The zero-order valence-electron chi connectivity index (χ0n) is 15.0. The van der Waals surface area contributed by atoms with Crippen LogP contribution < -0.4 is 10.0 Å². The molecule has 144 valence electrons. The molecule has 3 N–H and O–H groups in total. The summed E-state index contributed by atoms with van der Waals surface area (Å²) in [6, 6.07) is 8.83. The largest absolute Gasteiger partial charge is 0.477 e. The van der Waals surface area contributed by atoms with Crippen LogP contribution in [-0.4, -0.2) is 36.9 Å². The van der Waals surface area contributed by atoms with Gasteiger partial charge in [-0.3, -0.25) is 4.79 Å². The molecule has 0 fully saturated rings. The first-order valence-corrected chi connectivity index (χ1v) is 9.73. The summed E-state index contributed by atoms with van der Waals surface area (Å²) in [6.07, 6.45) is 1.19. The Bertz CT molecular complexity index is 907. The van der Waals surface area contributed by atoms with Crippen molar-refractivity contribution in [3.05, 3.63) is 59.4 Å². The zero-order valence-corrected chi connectivity index (χ0v) is 15.8. The quantitative estimate of drug-likeness (QED) is 0.628. The molecule has 1 aromatic heterocycles. The van der Waals surface area contributed by atoms with Crippen LogP contribution >= 0.6 is 0 Å². The van der Waals surface area contributed by atoms with Gasteiger partial charge in [0.15, 0.2) is 0 Å². The van der Waals surface area contributed by atoms with Crippen molar-refractivity contribution >= 4 is 21.9 Å². The van der Waals surface area contributed by atoms with Gasteiger partial charge in [-0.1, -0.05) is 26.0 Å². The molecule has 0 bridgehead atoms. The number of sulfonamides is 1. The van der Waals surface area contributed by atoms with Crippen LogP contribution in [0.25, 0.3) is 0 Å². The Morgan fingerprint density at radius 2 is 1.78 bits per heavy atom. The van der Waals surface area contributed by atoms with Gasteiger partial charge in [-0.15, -0.1) is 0 Å². The van der Waals surface area contributed by atoms with Crippen molar-refractivity contribution < 1.29 is 23.1 Å². The minimum Gasteiger partial charge on any atom is -0.477 e. The number of carbonyl (C=O) groups is 2. The first kappa shape index (κ1) is 20.5. The molecule has 0 saturated carbocycles. The second-order valence-corrected chi connectivity index (χ2v) is 8.08. The van der Waals surface area contributed by atoms with Crippen molar-refractivity contribution in [3.8, 4) is 0 Å². The number of nitrogens with zero attached hydrogens (tertiary/aromatic N) is 1. The maximum Gasteiger partial charge on any atom is 0.354 e. The second kappa shape index (κ2) is 8.74. The van der Waals surface area contributed by atoms with Gasteiger partial charge >= 0.3 is 5.97 Å². The number of pyridine rings is 1. The van der Waals surface area contributed by atoms with E-state index < -0.39 is 21.9 Å². The lowest BCUT2D eigenvalue weighted by Crippen LogP contribution is -2.27. The lowest BCUT2D eigenvalue weighted by Gasteiger charge is -2.10. The molecule has 2 aromatic rings. The fraction of sp³-hybridized carbons (Fsp3) is 0.278. The summed E-state index contributed by atoms with van der Waals surface area (Å²) in [4.78, 5) is 26.7. The fourth-order valence-electron chi connectivity index (χ4n) is 2.09. The van der Waals surface area contributed by atoms with Gasteiger partial charge in [-0.2, -0.15) is 0 Å². The van der Waals surface area contributed by atoms with Crippen molar-refractivity contribution in [3.63, 3.8) is 0 Å². The molecule has 1 aromatic carbocycles. The third-order valence-corrected chi connectivity index (χ3v) is 5.05. The Hall–Kier alpha value is -2.78. The van der Waals surface area contributed by atoms with Crippen LogP contribution in [0.1, 0.15) is 40.3 Å². The number of carboxylic acids is 1. The molecule has 0 unspecified atom stereocenters. The lowest BCUT2D eigenvalue weighted by atomic mass is 10.2. The van der Waals surface area contributed by atoms with Crippen molar-refractivity contribution in [2.45, 2.75) is 25.3 Å². The molecule has 27 heavy (non-hydrogen) atoms. The molecule has 1 heterocycles. The highest BCUT2D eigenvalue weighted by atomic mass is 32.2. The van der Waals surface area contributed by atoms with Crippen molar-refractivity contribution in [2.24, 2.45) is 5.92 Å². The number of carboxylic acid groups (broad SMARTS) is 1. The molecule has 0 saturated heterocycles. The van der Waals surface area contributed by atoms with Gasteiger partial charge in [0.05, 0.1) is 10.5 Å². The Morgan fingerprint density at radius 3 is 2.30 bits per heavy atom. The number of hydrogen-bond donors (Lipinski definition) is 3. The average Bonchev–Trinajstić information content (AvgIpc) is 2.65. The van der Waals surface area contributed by atoms with E-state index in [0.717, 1.165) is 5.56 Å². The lowest BCUT2D eigenvalue weighted by molar-refractivity contribution is 0.0689. The molecule has 9 heteroatoms. The summed E-state index contributed by atoms with van der Waals surface area (Å²) in [7, 11) is -3.55. The topological polar surface area (TPSA) is 125 Å². The standard InChI is InChI=1S/C18H21N3O5S/c1-12(2)9-21-27(25,26)15-6-3-13(4-7-15)10-20-17(22)14-5-8-16(18(23)24)19-11-14/h3-8,11-12,21H,9-10H2,1-2H3,(H,20,22)(H,23,24). The molecule has 8 nitrogen and oxygen atoms in total. The second-order valence-electron chi connectivity index (χ2n) is 6.31. The monoisotopic (exact) mass is 391 g/mol. The number of benzene rings is 1. The Balaban J connectivity index is 1.96. The van der Waals surface area contributed by atoms with Crippen LogP contribution in [0.2, 0.25) is 0 Å². The van der Waals surface area contributed by atoms with Crippen LogP contribution in [0, 0.1) is 5.92 Å². The molecule has 0 aliphatic heterocycles. The predicted octanol–water partition coefficient (Wildman–Crippen LogP) is 1.64. The molecule has 0 aliphatic carbocycles. The fourth-order valence-corrected chi connectivity index (χ4v) is 3.30. The highest BCUT2D eigenvalue weighted by molar-refractivity contribution is 7.89. The van der Waals surface area contributed by atoms with E-state index in [1.54, 1.807) is 12.1 Å². The molecule has 0 aliphatic rings. The van der Waals surface area contributed by atoms with Crippen LogP contribution in [0.5, 0.6) is 0 Å². The molecule has 0 atom stereocenters. The van der Waals surface area contributed by atoms with Crippen LogP contribution in [-0.2, 0) is 16.6 Å². The number of carbonyl (C=O) groups excluding carboxylic acids is 1. The van der Waals surface area contributed by atoms with E-state index in [2.05, 4.69) is 15.0 Å². The molecular formula is C18H21N3O5S. The normalized spacial score (nSPS) is 11.4. The number of rotatable bonds is 8. The smallest absolute Gasteiger partial charge is 0.354 e. The maximum absolute atomic E-state index is 12.1. The van der Waals surface area contributed by atoms with E-state index >= 15 is 0 Å². The van der Waals surface area contributed by atoms with Gasteiger partial charge in [-0.25, -0.2) is 22.9 Å². The molecule has 0 radical (unpaired) electrons. The Kier molecular flexibility index (Phi) is 6.65. The van der Waals surface area contributed by atoms with Gasteiger partial charge in [0.1, 0.15) is 5.69 Å². The van der Waals surface area contributed by atoms with E-state index in [4.69, 9.17) is 5.11 Å². The Labute approximate surface area is 157 Å². The number of aromatic carboxylic acids is 1. The number of hydrogen-bond acceptors (Lipinski definition) is 5. The van der Waals surface area contributed by atoms with Crippen molar-refractivity contribution in [1.29, 1.82) is 0 Å². The van der Waals surface area contributed by atoms with E-state index in [9.17, 15) is 18.0 Å². The Morgan fingerprint density at radius 1 is 1.11 bits per heavy atom. The summed E-state index contributed by atoms with van der Waals surface area (Å²) in [5, 5.41) is 11.5. The molecule has 0 spiro atoms. The number of nitrogens with one attached hydrogen (secondary N) is 2. The van der Waals surface area contributed by atoms with Crippen molar-refractivity contribution in [2.75, 3.05) is 6.54 Å². The predicted molar refractivity (Wildman–Crippen MR) is 98.8 cm³/mol. The number of aromatic nitrogens is 1. The summed E-state index contributed by atoms with van der Waals surface area (Å²) in [6.45, 7) is 4.38. The first-order chi connectivity index (χ1) is 12.7. The minimum atomic E-state index is -3.55. The molecular weight excluding hydrogens is 370 g/mol. The van der Waals surface area contributed by atoms with Crippen LogP contribution in [0.15, 0.2) is 47.5 Å². The summed E-state index contributed by atoms with van der Waals surface area (Å²) in [5.74, 6) is -1.37. The van der Waals surface area contributed by atoms with Crippen molar-refractivity contribution in [1.82, 2.24) is 15.0 Å². The number of amides is 1.